The smallest absolute Gasteiger partial charge is 0.0396 e. The Hall–Kier alpha value is -1.06. The predicted molar refractivity (Wildman–Crippen MR) is 90.1 cm³/mol. The zero-order chi connectivity index (χ0) is 14.8. The van der Waals surface area contributed by atoms with Gasteiger partial charge in [0.05, 0.1) is 0 Å². The van der Waals surface area contributed by atoms with Crippen molar-refractivity contribution >= 4 is 5.69 Å². The van der Waals surface area contributed by atoms with Crippen LogP contribution in [0.15, 0.2) is 18.2 Å². The molecule has 2 atom stereocenters. The van der Waals surface area contributed by atoms with Gasteiger partial charge in [-0.2, -0.15) is 0 Å². The summed E-state index contributed by atoms with van der Waals surface area (Å²) in [5, 5.41) is 3.39. The predicted octanol–water partition coefficient (Wildman–Crippen LogP) is 2.67. The Bertz CT molecular complexity index is 483. The molecule has 1 aromatic carbocycles. The quantitative estimate of drug-likeness (QED) is 0.922. The summed E-state index contributed by atoms with van der Waals surface area (Å²) in [6.07, 6.45) is 5.19. The molecule has 3 rings (SSSR count). The molecule has 116 valence electrons. The number of nitrogens with zero attached hydrogens (tertiary/aromatic N) is 2. The second-order valence-electron chi connectivity index (χ2n) is 6.80. The van der Waals surface area contributed by atoms with Gasteiger partial charge in [0.1, 0.15) is 0 Å². The van der Waals surface area contributed by atoms with E-state index in [4.69, 9.17) is 0 Å². The van der Waals surface area contributed by atoms with E-state index >= 15 is 0 Å². The van der Waals surface area contributed by atoms with Crippen LogP contribution in [0.25, 0.3) is 0 Å². The third-order valence-electron chi connectivity index (χ3n) is 5.27. The van der Waals surface area contributed by atoms with Crippen LogP contribution in [0, 0.1) is 5.92 Å². The summed E-state index contributed by atoms with van der Waals surface area (Å²) in [6, 6.07) is 7.78. The molecule has 2 unspecified atom stereocenters. The molecule has 0 aliphatic carbocycles. The van der Waals surface area contributed by atoms with E-state index in [1.54, 1.807) is 5.56 Å². The number of anilines is 1. The Morgan fingerprint density at radius 1 is 1.19 bits per heavy atom. The average molecular weight is 287 g/mol. The highest BCUT2D eigenvalue weighted by Crippen LogP contribution is 2.37. The summed E-state index contributed by atoms with van der Waals surface area (Å²) in [5.41, 5.74) is 4.50. The second-order valence-corrected chi connectivity index (χ2v) is 6.80. The highest BCUT2D eigenvalue weighted by Gasteiger charge is 2.30. The van der Waals surface area contributed by atoms with Crippen LogP contribution in [0.2, 0.25) is 0 Å². The maximum atomic E-state index is 3.39. The van der Waals surface area contributed by atoms with Gasteiger partial charge in [-0.25, -0.2) is 0 Å². The standard InChI is InChI=1S/C18H29N3/c1-19-13-16-7-5-11-21(3)18(16)15-8-9-17-14(12-15)6-4-10-20(17)2/h8-9,12,16,18-19H,4-7,10-11,13H2,1-3H3. The molecule has 1 N–H and O–H groups in total. The van der Waals surface area contributed by atoms with Gasteiger partial charge >= 0.3 is 0 Å². The van der Waals surface area contributed by atoms with Crippen molar-refractivity contribution in [3.05, 3.63) is 29.3 Å². The Kier molecular flexibility index (Phi) is 4.51. The van der Waals surface area contributed by atoms with Crippen molar-refractivity contribution in [3.63, 3.8) is 0 Å². The van der Waals surface area contributed by atoms with E-state index in [-0.39, 0.29) is 0 Å². The van der Waals surface area contributed by atoms with Crippen molar-refractivity contribution in [2.24, 2.45) is 5.92 Å². The number of likely N-dealkylation sites (tertiary alicyclic amines) is 1. The van der Waals surface area contributed by atoms with Crippen molar-refractivity contribution in [3.8, 4) is 0 Å². The van der Waals surface area contributed by atoms with E-state index in [9.17, 15) is 0 Å². The van der Waals surface area contributed by atoms with Crippen LogP contribution in [0.4, 0.5) is 5.69 Å². The largest absolute Gasteiger partial charge is 0.374 e. The number of aryl methyl sites for hydroxylation is 1. The summed E-state index contributed by atoms with van der Waals surface area (Å²) < 4.78 is 0. The summed E-state index contributed by atoms with van der Waals surface area (Å²) in [6.45, 7) is 3.53. The maximum absolute atomic E-state index is 3.39. The first-order chi connectivity index (χ1) is 10.2. The number of hydrogen-bond donors (Lipinski definition) is 1. The third kappa shape index (κ3) is 2.95. The molecule has 0 amide bonds. The van der Waals surface area contributed by atoms with Crippen LogP contribution >= 0.6 is 0 Å². The minimum atomic E-state index is 0.573. The molecule has 2 aliphatic rings. The molecule has 0 aromatic heterocycles. The summed E-state index contributed by atoms with van der Waals surface area (Å²) >= 11 is 0. The highest BCUT2D eigenvalue weighted by atomic mass is 15.1. The summed E-state index contributed by atoms with van der Waals surface area (Å²) in [5.74, 6) is 0.730. The molecule has 0 saturated carbocycles. The van der Waals surface area contributed by atoms with Crippen LogP contribution in [0.3, 0.4) is 0 Å². The topological polar surface area (TPSA) is 18.5 Å². The third-order valence-corrected chi connectivity index (χ3v) is 5.27. The van der Waals surface area contributed by atoms with Crippen LogP contribution in [0.5, 0.6) is 0 Å². The van der Waals surface area contributed by atoms with Gasteiger partial charge in [-0.1, -0.05) is 12.1 Å². The number of nitrogens with one attached hydrogen (secondary N) is 1. The Morgan fingerprint density at radius 3 is 2.86 bits per heavy atom. The van der Waals surface area contributed by atoms with Crippen LogP contribution in [-0.4, -0.2) is 45.7 Å². The molecule has 1 aromatic rings. The molecule has 1 fully saturated rings. The van der Waals surface area contributed by atoms with Gasteiger partial charge in [0.25, 0.3) is 0 Å². The fourth-order valence-electron chi connectivity index (χ4n) is 4.25. The monoisotopic (exact) mass is 287 g/mol. The first kappa shape index (κ1) is 14.9. The molecule has 3 heteroatoms. The number of hydrogen-bond acceptors (Lipinski definition) is 3. The number of rotatable bonds is 3. The van der Waals surface area contributed by atoms with Crippen LogP contribution < -0.4 is 10.2 Å². The van der Waals surface area contributed by atoms with Gasteiger partial charge in [0.2, 0.25) is 0 Å². The second kappa shape index (κ2) is 6.37. The molecule has 21 heavy (non-hydrogen) atoms. The maximum Gasteiger partial charge on any atom is 0.0396 e. The van der Waals surface area contributed by atoms with Crippen molar-refractivity contribution in [1.82, 2.24) is 10.2 Å². The van der Waals surface area contributed by atoms with E-state index in [1.165, 1.54) is 50.0 Å². The Balaban J connectivity index is 1.90. The van der Waals surface area contributed by atoms with Gasteiger partial charge in [-0.15, -0.1) is 0 Å². The lowest BCUT2D eigenvalue weighted by atomic mass is 9.83. The van der Waals surface area contributed by atoms with E-state index in [0.717, 1.165) is 12.5 Å². The number of fused-ring (bicyclic) bond motifs is 1. The molecular formula is C18H29N3. The first-order valence-corrected chi connectivity index (χ1v) is 8.39. The van der Waals surface area contributed by atoms with Gasteiger partial charge in [-0.05, 0) is 76.0 Å². The van der Waals surface area contributed by atoms with Gasteiger partial charge < -0.3 is 10.2 Å². The van der Waals surface area contributed by atoms with Gasteiger partial charge in [-0.3, -0.25) is 4.90 Å². The number of benzene rings is 1. The van der Waals surface area contributed by atoms with E-state index < -0.39 is 0 Å². The molecule has 2 aliphatic heterocycles. The lowest BCUT2D eigenvalue weighted by molar-refractivity contribution is 0.121. The lowest BCUT2D eigenvalue weighted by Gasteiger charge is -2.40. The molecule has 0 bridgehead atoms. The van der Waals surface area contributed by atoms with Crippen molar-refractivity contribution in [1.29, 1.82) is 0 Å². The van der Waals surface area contributed by atoms with Crippen molar-refractivity contribution < 1.29 is 0 Å². The fourth-order valence-corrected chi connectivity index (χ4v) is 4.25. The lowest BCUT2D eigenvalue weighted by Crippen LogP contribution is -2.40. The van der Waals surface area contributed by atoms with E-state index in [0.29, 0.717) is 6.04 Å². The zero-order valence-electron chi connectivity index (χ0n) is 13.7. The minimum Gasteiger partial charge on any atom is -0.374 e. The molecule has 3 nitrogen and oxygen atoms in total. The summed E-state index contributed by atoms with van der Waals surface area (Å²) in [7, 11) is 6.58. The zero-order valence-corrected chi connectivity index (χ0v) is 13.7. The number of piperidine rings is 1. The van der Waals surface area contributed by atoms with Crippen molar-refractivity contribution in [2.45, 2.75) is 31.7 Å². The fraction of sp³-hybridized carbons (Fsp3) is 0.667. The highest BCUT2D eigenvalue weighted by molar-refractivity contribution is 5.56. The van der Waals surface area contributed by atoms with Gasteiger partial charge in [0.15, 0.2) is 0 Å². The normalized spacial score (nSPS) is 26.7. The average Bonchev–Trinajstić information content (AvgIpc) is 2.48. The molecular weight excluding hydrogens is 258 g/mol. The molecule has 2 heterocycles. The molecule has 0 radical (unpaired) electrons. The molecule has 0 spiro atoms. The first-order valence-electron chi connectivity index (χ1n) is 8.39. The summed E-state index contributed by atoms with van der Waals surface area (Å²) in [4.78, 5) is 4.96. The van der Waals surface area contributed by atoms with Crippen molar-refractivity contribution in [2.75, 3.05) is 45.7 Å². The Labute approximate surface area is 129 Å². The van der Waals surface area contributed by atoms with Crippen LogP contribution in [-0.2, 0) is 6.42 Å². The van der Waals surface area contributed by atoms with Crippen LogP contribution in [0.1, 0.15) is 36.4 Å². The van der Waals surface area contributed by atoms with Gasteiger partial charge in [0, 0.05) is 25.3 Å². The minimum absolute atomic E-state index is 0.573. The van der Waals surface area contributed by atoms with E-state index in [1.807, 2.05) is 0 Å². The Morgan fingerprint density at radius 2 is 2.05 bits per heavy atom. The SMILES string of the molecule is CNCC1CCCN(C)C1c1ccc2c(c1)CCCN2C. The van der Waals surface area contributed by atoms with E-state index in [2.05, 4.69) is 54.5 Å². The molecule has 1 saturated heterocycles.